The fraction of sp³-hybridized carbons (Fsp3) is 0.692. The van der Waals surface area contributed by atoms with Crippen LogP contribution in [0.4, 0.5) is 0 Å². The van der Waals surface area contributed by atoms with E-state index in [1.165, 1.54) is 0 Å². The molecule has 1 aromatic rings. The Morgan fingerprint density at radius 2 is 2.17 bits per heavy atom. The predicted octanol–water partition coefficient (Wildman–Crippen LogP) is 2.06. The SMILES string of the molecule is CC(c1ccnn1C)N(CCC(=O)O)C(C)(C)C. The number of hydrogen-bond donors (Lipinski definition) is 1. The van der Waals surface area contributed by atoms with Crippen molar-refractivity contribution in [2.45, 2.75) is 45.7 Å². The van der Waals surface area contributed by atoms with E-state index in [4.69, 9.17) is 5.11 Å². The van der Waals surface area contributed by atoms with E-state index >= 15 is 0 Å². The third-order valence-electron chi connectivity index (χ3n) is 3.18. The Balaban J connectivity index is 2.90. The van der Waals surface area contributed by atoms with Gasteiger partial charge in [0.25, 0.3) is 0 Å². The van der Waals surface area contributed by atoms with Crippen LogP contribution in [0.2, 0.25) is 0 Å². The molecule has 0 aromatic carbocycles. The third kappa shape index (κ3) is 3.57. The molecule has 0 spiro atoms. The number of aromatic nitrogens is 2. The third-order valence-corrected chi connectivity index (χ3v) is 3.18. The quantitative estimate of drug-likeness (QED) is 0.872. The highest BCUT2D eigenvalue weighted by Gasteiger charge is 2.28. The molecule has 1 aromatic heterocycles. The predicted molar refractivity (Wildman–Crippen MR) is 70.3 cm³/mol. The van der Waals surface area contributed by atoms with Gasteiger partial charge in [0.1, 0.15) is 0 Å². The minimum atomic E-state index is -0.763. The summed E-state index contributed by atoms with van der Waals surface area (Å²) in [5.41, 5.74) is 1.01. The first kappa shape index (κ1) is 14.7. The van der Waals surface area contributed by atoms with Gasteiger partial charge in [-0.3, -0.25) is 14.4 Å². The minimum absolute atomic E-state index is 0.0842. The average molecular weight is 253 g/mol. The Kier molecular flexibility index (Phi) is 4.51. The second-order valence-electron chi connectivity index (χ2n) is 5.56. The number of carboxylic acid groups (broad SMARTS) is 1. The van der Waals surface area contributed by atoms with Gasteiger partial charge in [0.05, 0.1) is 12.1 Å². The summed E-state index contributed by atoms with van der Waals surface area (Å²) in [7, 11) is 1.91. The summed E-state index contributed by atoms with van der Waals surface area (Å²) >= 11 is 0. The van der Waals surface area contributed by atoms with Crippen molar-refractivity contribution in [2.24, 2.45) is 7.05 Å². The summed E-state index contributed by atoms with van der Waals surface area (Å²) in [6.45, 7) is 8.92. The molecule has 0 bridgehead atoms. The second-order valence-corrected chi connectivity index (χ2v) is 5.56. The van der Waals surface area contributed by atoms with Crippen molar-refractivity contribution in [3.05, 3.63) is 18.0 Å². The zero-order chi connectivity index (χ0) is 13.9. The lowest BCUT2D eigenvalue weighted by molar-refractivity contribution is -0.137. The van der Waals surface area contributed by atoms with E-state index in [0.29, 0.717) is 6.54 Å². The van der Waals surface area contributed by atoms with Crippen LogP contribution in [0.15, 0.2) is 12.3 Å². The van der Waals surface area contributed by atoms with Gasteiger partial charge >= 0.3 is 5.97 Å². The van der Waals surface area contributed by atoms with Crippen molar-refractivity contribution in [3.63, 3.8) is 0 Å². The molecule has 0 aliphatic rings. The first-order valence-corrected chi connectivity index (χ1v) is 6.20. The van der Waals surface area contributed by atoms with Crippen molar-refractivity contribution in [1.29, 1.82) is 0 Å². The summed E-state index contributed by atoms with van der Waals surface area (Å²) in [5, 5.41) is 13.0. The number of aryl methyl sites for hydroxylation is 1. The summed E-state index contributed by atoms with van der Waals surface area (Å²) in [6, 6.07) is 2.11. The maximum atomic E-state index is 10.8. The van der Waals surface area contributed by atoms with Crippen LogP contribution in [-0.2, 0) is 11.8 Å². The van der Waals surface area contributed by atoms with Gasteiger partial charge in [0, 0.05) is 31.4 Å². The van der Waals surface area contributed by atoms with Crippen LogP contribution in [0.25, 0.3) is 0 Å². The molecule has 0 aliphatic heterocycles. The van der Waals surface area contributed by atoms with Gasteiger partial charge in [-0.2, -0.15) is 5.10 Å². The zero-order valence-electron chi connectivity index (χ0n) is 11.8. The topological polar surface area (TPSA) is 58.4 Å². The number of carboxylic acids is 1. The molecular weight excluding hydrogens is 230 g/mol. The van der Waals surface area contributed by atoms with Crippen molar-refractivity contribution in [1.82, 2.24) is 14.7 Å². The summed E-state index contributed by atoms with van der Waals surface area (Å²) in [6.07, 6.45) is 1.92. The molecule has 0 saturated heterocycles. The fourth-order valence-corrected chi connectivity index (χ4v) is 2.28. The van der Waals surface area contributed by atoms with E-state index in [1.54, 1.807) is 6.20 Å². The number of carbonyl (C=O) groups is 1. The van der Waals surface area contributed by atoms with Crippen molar-refractivity contribution < 1.29 is 9.90 Å². The van der Waals surface area contributed by atoms with Gasteiger partial charge in [-0.1, -0.05) is 0 Å². The van der Waals surface area contributed by atoms with Gasteiger partial charge in [-0.05, 0) is 33.8 Å². The molecule has 0 radical (unpaired) electrons. The molecule has 0 aliphatic carbocycles. The first-order chi connectivity index (χ1) is 8.23. The standard InChI is InChI=1S/C13H23N3O2/c1-10(11-6-8-14-15(11)5)16(13(2,3)4)9-7-12(17)18/h6,8,10H,7,9H2,1-5H3,(H,17,18). The van der Waals surface area contributed by atoms with E-state index in [9.17, 15) is 4.79 Å². The molecule has 0 saturated carbocycles. The molecule has 5 nitrogen and oxygen atoms in total. The lowest BCUT2D eigenvalue weighted by atomic mass is 10.0. The normalized spacial score (nSPS) is 13.9. The summed E-state index contributed by atoms with van der Waals surface area (Å²) in [5.74, 6) is -0.763. The Morgan fingerprint density at radius 3 is 2.56 bits per heavy atom. The Morgan fingerprint density at radius 1 is 1.56 bits per heavy atom. The van der Waals surface area contributed by atoms with Crippen LogP contribution in [-0.4, -0.2) is 37.8 Å². The molecule has 1 N–H and O–H groups in total. The lowest BCUT2D eigenvalue weighted by Crippen LogP contribution is -2.44. The molecule has 102 valence electrons. The van der Waals surface area contributed by atoms with E-state index in [2.05, 4.69) is 37.7 Å². The highest BCUT2D eigenvalue weighted by Crippen LogP contribution is 2.27. The maximum absolute atomic E-state index is 10.8. The van der Waals surface area contributed by atoms with Gasteiger partial charge in [0.15, 0.2) is 0 Å². The maximum Gasteiger partial charge on any atom is 0.304 e. The van der Waals surface area contributed by atoms with E-state index in [1.807, 2.05) is 17.8 Å². The molecule has 1 heterocycles. The van der Waals surface area contributed by atoms with Gasteiger partial charge in [-0.25, -0.2) is 0 Å². The van der Waals surface area contributed by atoms with Crippen LogP contribution < -0.4 is 0 Å². The number of nitrogens with zero attached hydrogens (tertiary/aromatic N) is 3. The van der Waals surface area contributed by atoms with Crippen LogP contribution >= 0.6 is 0 Å². The Bertz CT molecular complexity index is 407. The van der Waals surface area contributed by atoms with E-state index < -0.39 is 5.97 Å². The van der Waals surface area contributed by atoms with Crippen LogP contribution in [0, 0.1) is 0 Å². The molecule has 1 rings (SSSR count). The molecule has 1 unspecified atom stereocenters. The molecule has 18 heavy (non-hydrogen) atoms. The number of hydrogen-bond acceptors (Lipinski definition) is 3. The highest BCUT2D eigenvalue weighted by atomic mass is 16.4. The van der Waals surface area contributed by atoms with Gasteiger partial charge in [-0.15, -0.1) is 0 Å². The fourth-order valence-electron chi connectivity index (χ4n) is 2.28. The molecule has 0 fully saturated rings. The molecular formula is C13H23N3O2. The Labute approximate surface area is 108 Å². The molecule has 1 atom stereocenters. The number of aliphatic carboxylic acids is 1. The molecule has 0 amide bonds. The van der Waals surface area contributed by atoms with Crippen molar-refractivity contribution in [3.8, 4) is 0 Å². The van der Waals surface area contributed by atoms with E-state index in [-0.39, 0.29) is 18.0 Å². The van der Waals surface area contributed by atoms with Gasteiger partial charge in [0.2, 0.25) is 0 Å². The molecule has 5 heteroatoms. The average Bonchev–Trinajstić information content (AvgIpc) is 2.61. The highest BCUT2D eigenvalue weighted by molar-refractivity contribution is 5.66. The largest absolute Gasteiger partial charge is 0.481 e. The van der Waals surface area contributed by atoms with Crippen LogP contribution in [0.3, 0.4) is 0 Å². The smallest absolute Gasteiger partial charge is 0.304 e. The lowest BCUT2D eigenvalue weighted by Gasteiger charge is -2.40. The number of rotatable bonds is 5. The monoisotopic (exact) mass is 253 g/mol. The summed E-state index contributed by atoms with van der Waals surface area (Å²) in [4.78, 5) is 13.0. The van der Waals surface area contributed by atoms with Crippen LogP contribution in [0.1, 0.15) is 45.9 Å². The minimum Gasteiger partial charge on any atom is -0.481 e. The Hall–Kier alpha value is -1.36. The zero-order valence-corrected chi connectivity index (χ0v) is 11.8. The van der Waals surface area contributed by atoms with Gasteiger partial charge < -0.3 is 5.11 Å². The second kappa shape index (κ2) is 5.52. The summed E-state index contributed by atoms with van der Waals surface area (Å²) < 4.78 is 1.84. The first-order valence-electron chi connectivity index (χ1n) is 6.20. The van der Waals surface area contributed by atoms with Crippen molar-refractivity contribution in [2.75, 3.05) is 6.54 Å². The van der Waals surface area contributed by atoms with E-state index in [0.717, 1.165) is 5.69 Å². The van der Waals surface area contributed by atoms with Crippen LogP contribution in [0.5, 0.6) is 0 Å². The van der Waals surface area contributed by atoms with Crippen molar-refractivity contribution >= 4 is 5.97 Å².